The highest BCUT2D eigenvalue weighted by Gasteiger charge is 2.24. The number of tetrazole rings is 1. The first-order chi connectivity index (χ1) is 13.3. The van der Waals surface area contributed by atoms with E-state index < -0.39 is 0 Å². The van der Waals surface area contributed by atoms with E-state index in [-0.39, 0.29) is 5.56 Å². The van der Waals surface area contributed by atoms with Crippen LogP contribution < -0.4 is 15.0 Å². The Balaban J connectivity index is 1.26. The van der Waals surface area contributed by atoms with Crippen LogP contribution in [0.5, 0.6) is 5.75 Å². The molecule has 0 aliphatic heterocycles. The molecule has 7 heteroatoms. The summed E-state index contributed by atoms with van der Waals surface area (Å²) in [6, 6.07) is 9.62. The Morgan fingerprint density at radius 3 is 2.89 bits per heavy atom. The monoisotopic (exact) mass is 368 g/mol. The second-order valence-electron chi connectivity index (χ2n) is 7.26. The van der Waals surface area contributed by atoms with Gasteiger partial charge >= 0.3 is 5.82 Å². The molecule has 2 aromatic heterocycles. The van der Waals surface area contributed by atoms with Crippen LogP contribution in [0.1, 0.15) is 56.8 Å². The van der Waals surface area contributed by atoms with Crippen molar-refractivity contribution in [1.82, 2.24) is 20.5 Å². The van der Waals surface area contributed by atoms with Gasteiger partial charge in [0.1, 0.15) is 16.9 Å². The summed E-state index contributed by atoms with van der Waals surface area (Å²) in [5, 5.41) is 12.3. The van der Waals surface area contributed by atoms with Crippen molar-refractivity contribution in [2.45, 2.75) is 57.4 Å². The number of benzene rings is 1. The topological polar surface area (TPSA) is 87.5 Å². The number of aromatic nitrogens is 5. The average molecular weight is 368 g/mol. The SMILES string of the molecule is O=c1ccc2cc(OCCCCc3nn[nH][n+]3C3CCCCC3)ccc2[nH]1. The van der Waals surface area contributed by atoms with Gasteiger partial charge in [-0.1, -0.05) is 11.6 Å². The molecule has 0 unspecified atom stereocenters. The van der Waals surface area contributed by atoms with Gasteiger partial charge in [0.15, 0.2) is 5.21 Å². The summed E-state index contributed by atoms with van der Waals surface area (Å²) >= 11 is 0. The van der Waals surface area contributed by atoms with Crippen molar-refractivity contribution in [3.05, 3.63) is 46.5 Å². The summed E-state index contributed by atoms with van der Waals surface area (Å²) in [6.45, 7) is 0.663. The van der Waals surface area contributed by atoms with Gasteiger partial charge in [-0.25, -0.2) is 0 Å². The number of nitrogens with one attached hydrogen (secondary N) is 2. The zero-order valence-electron chi connectivity index (χ0n) is 15.5. The smallest absolute Gasteiger partial charge is 0.300 e. The standard InChI is InChI=1S/C20H25N5O2/c26-20-12-9-15-14-17(10-11-18(15)21-20)27-13-5-4-8-19-22-23-24-25(19)16-6-2-1-3-7-16/h9-12,14,16H,1-8,13H2,(H,21,26)/p+1. The second kappa shape index (κ2) is 8.33. The molecule has 142 valence electrons. The molecular weight excluding hydrogens is 342 g/mol. The quantitative estimate of drug-likeness (QED) is 0.496. The number of aryl methyl sites for hydroxylation is 1. The fourth-order valence-electron chi connectivity index (χ4n) is 3.83. The molecule has 0 radical (unpaired) electrons. The van der Waals surface area contributed by atoms with Gasteiger partial charge in [-0.2, -0.15) is 4.68 Å². The number of pyridine rings is 1. The molecule has 1 aliphatic carbocycles. The summed E-state index contributed by atoms with van der Waals surface area (Å²) in [6.07, 6.45) is 9.26. The van der Waals surface area contributed by atoms with Crippen LogP contribution in [0.4, 0.5) is 0 Å². The molecule has 1 saturated carbocycles. The Bertz CT molecular complexity index is 943. The van der Waals surface area contributed by atoms with Crippen LogP contribution in [-0.2, 0) is 6.42 Å². The van der Waals surface area contributed by atoms with E-state index in [9.17, 15) is 4.79 Å². The largest absolute Gasteiger partial charge is 0.494 e. The maximum absolute atomic E-state index is 11.3. The number of aromatic amines is 2. The van der Waals surface area contributed by atoms with Gasteiger partial charge in [0, 0.05) is 23.4 Å². The van der Waals surface area contributed by atoms with E-state index in [0.29, 0.717) is 12.6 Å². The molecule has 4 rings (SSSR count). The van der Waals surface area contributed by atoms with Crippen LogP contribution in [0.25, 0.3) is 10.9 Å². The third-order valence-electron chi connectivity index (χ3n) is 5.29. The molecule has 2 heterocycles. The minimum absolute atomic E-state index is 0.0884. The zero-order valence-corrected chi connectivity index (χ0v) is 15.5. The maximum atomic E-state index is 11.3. The Morgan fingerprint density at radius 1 is 1.11 bits per heavy atom. The van der Waals surface area contributed by atoms with Gasteiger partial charge in [0.05, 0.1) is 6.61 Å². The first kappa shape index (κ1) is 17.7. The lowest BCUT2D eigenvalue weighted by Crippen LogP contribution is -2.45. The number of ether oxygens (including phenoxy) is 1. The van der Waals surface area contributed by atoms with Gasteiger partial charge in [0.2, 0.25) is 5.56 Å². The normalized spacial score (nSPS) is 15.3. The highest BCUT2D eigenvalue weighted by Crippen LogP contribution is 2.23. The molecule has 1 fully saturated rings. The van der Waals surface area contributed by atoms with Gasteiger partial charge in [0.25, 0.3) is 0 Å². The number of hydrogen-bond donors (Lipinski definition) is 2. The van der Waals surface area contributed by atoms with Gasteiger partial charge in [-0.3, -0.25) is 4.79 Å². The van der Waals surface area contributed by atoms with Crippen molar-refractivity contribution in [2.75, 3.05) is 6.61 Å². The number of hydrogen-bond acceptors (Lipinski definition) is 4. The van der Waals surface area contributed by atoms with Crippen molar-refractivity contribution in [1.29, 1.82) is 0 Å². The van der Waals surface area contributed by atoms with E-state index in [1.54, 1.807) is 0 Å². The highest BCUT2D eigenvalue weighted by atomic mass is 16.5. The molecule has 0 saturated heterocycles. The van der Waals surface area contributed by atoms with Crippen molar-refractivity contribution in [3.63, 3.8) is 0 Å². The van der Waals surface area contributed by atoms with Crippen LogP contribution in [0.3, 0.4) is 0 Å². The van der Waals surface area contributed by atoms with Gasteiger partial charge < -0.3 is 9.72 Å². The predicted molar refractivity (Wildman–Crippen MR) is 102 cm³/mol. The van der Waals surface area contributed by atoms with Crippen LogP contribution >= 0.6 is 0 Å². The number of nitrogens with zero attached hydrogens (tertiary/aromatic N) is 3. The number of H-pyrrole nitrogens is 2. The molecule has 1 aromatic carbocycles. The molecule has 7 nitrogen and oxygen atoms in total. The molecule has 0 amide bonds. The average Bonchev–Trinajstić information content (AvgIpc) is 3.17. The van der Waals surface area contributed by atoms with E-state index in [4.69, 9.17) is 4.74 Å². The van der Waals surface area contributed by atoms with Crippen molar-refractivity contribution < 1.29 is 9.42 Å². The lowest BCUT2D eigenvalue weighted by atomic mass is 9.95. The minimum atomic E-state index is -0.0884. The Morgan fingerprint density at radius 2 is 2.00 bits per heavy atom. The van der Waals surface area contributed by atoms with E-state index in [2.05, 4.69) is 25.2 Å². The lowest BCUT2D eigenvalue weighted by Gasteiger charge is -2.19. The number of rotatable bonds is 7. The molecule has 0 spiro atoms. The molecule has 2 N–H and O–H groups in total. The fourth-order valence-corrected chi connectivity index (χ4v) is 3.83. The molecule has 27 heavy (non-hydrogen) atoms. The van der Waals surface area contributed by atoms with E-state index in [0.717, 1.165) is 41.7 Å². The zero-order chi connectivity index (χ0) is 18.5. The summed E-state index contributed by atoms with van der Waals surface area (Å²) in [5.41, 5.74) is 0.739. The van der Waals surface area contributed by atoms with Crippen molar-refractivity contribution in [2.24, 2.45) is 0 Å². The molecule has 0 bridgehead atoms. The summed E-state index contributed by atoms with van der Waals surface area (Å²) in [4.78, 5) is 14.1. The molecule has 3 aromatic rings. The highest BCUT2D eigenvalue weighted by molar-refractivity contribution is 5.79. The predicted octanol–water partition coefficient (Wildman–Crippen LogP) is 2.84. The molecular formula is C20H26N5O2+. The first-order valence-corrected chi connectivity index (χ1v) is 9.87. The van der Waals surface area contributed by atoms with E-state index >= 15 is 0 Å². The van der Waals surface area contributed by atoms with Crippen molar-refractivity contribution in [3.8, 4) is 5.75 Å². The third kappa shape index (κ3) is 4.35. The number of unbranched alkanes of at least 4 members (excludes halogenated alkanes) is 1. The van der Waals surface area contributed by atoms with E-state index in [1.165, 1.54) is 38.2 Å². The Hall–Kier alpha value is -2.70. The summed E-state index contributed by atoms with van der Waals surface area (Å²) in [7, 11) is 0. The third-order valence-corrected chi connectivity index (χ3v) is 5.29. The van der Waals surface area contributed by atoms with Crippen molar-refractivity contribution >= 4 is 10.9 Å². The van der Waals surface area contributed by atoms with Crippen LogP contribution in [-0.4, -0.2) is 27.1 Å². The molecule has 1 aliphatic rings. The minimum Gasteiger partial charge on any atom is -0.494 e. The van der Waals surface area contributed by atoms with Crippen LogP contribution in [0.2, 0.25) is 0 Å². The molecule has 0 atom stereocenters. The summed E-state index contributed by atoms with van der Waals surface area (Å²) in [5.74, 6) is 1.88. The lowest BCUT2D eigenvalue weighted by molar-refractivity contribution is -0.786. The van der Waals surface area contributed by atoms with E-state index in [1.807, 2.05) is 24.3 Å². The summed E-state index contributed by atoms with van der Waals surface area (Å²) < 4.78 is 8.04. The van der Waals surface area contributed by atoms with Gasteiger partial charge in [-0.05, 0) is 62.8 Å². The number of fused-ring (bicyclic) bond motifs is 1. The Kier molecular flexibility index (Phi) is 5.46. The van der Waals surface area contributed by atoms with Gasteiger partial charge in [-0.15, -0.1) is 0 Å². The Labute approximate surface area is 157 Å². The van der Waals surface area contributed by atoms with Crippen LogP contribution in [0, 0.1) is 0 Å². The van der Waals surface area contributed by atoms with Crippen LogP contribution in [0.15, 0.2) is 35.1 Å². The first-order valence-electron chi connectivity index (χ1n) is 9.87. The second-order valence-corrected chi connectivity index (χ2v) is 7.26. The fraction of sp³-hybridized carbons (Fsp3) is 0.500. The maximum Gasteiger partial charge on any atom is 0.300 e.